The van der Waals surface area contributed by atoms with Gasteiger partial charge < -0.3 is 30.3 Å². The lowest BCUT2D eigenvalue weighted by atomic mass is 10.0. The van der Waals surface area contributed by atoms with Crippen molar-refractivity contribution in [2.45, 2.75) is 64.3 Å². The van der Waals surface area contributed by atoms with Crippen molar-refractivity contribution in [2.24, 2.45) is 0 Å². The van der Waals surface area contributed by atoms with E-state index in [1.54, 1.807) is 53.1 Å². The lowest BCUT2D eigenvalue weighted by molar-refractivity contribution is -0.124. The molecule has 2 aromatic rings. The molecule has 0 aliphatic carbocycles. The minimum atomic E-state index is -0.922. The van der Waals surface area contributed by atoms with Crippen LogP contribution >= 0.6 is 0 Å². The van der Waals surface area contributed by atoms with Crippen molar-refractivity contribution < 1.29 is 28.7 Å². The minimum Gasteiger partial charge on any atom is -0.445 e. The zero-order chi connectivity index (χ0) is 31.7. The van der Waals surface area contributed by atoms with Gasteiger partial charge in [-0.15, -0.1) is 0 Å². The van der Waals surface area contributed by atoms with E-state index < -0.39 is 35.8 Å². The summed E-state index contributed by atoms with van der Waals surface area (Å²) in [7, 11) is 3.33. The second-order valence-corrected chi connectivity index (χ2v) is 11.1. The molecule has 2 atom stereocenters. The average Bonchev–Trinajstić information content (AvgIpc) is 2.95. The number of carbonyl (C=O) groups is 4. The van der Waals surface area contributed by atoms with Crippen LogP contribution in [0.2, 0.25) is 0 Å². The fraction of sp³-hybridized carbons (Fsp3) is 0.394. The van der Waals surface area contributed by atoms with Gasteiger partial charge in [-0.2, -0.15) is 0 Å². The van der Waals surface area contributed by atoms with Crippen LogP contribution in [-0.4, -0.2) is 67.2 Å². The summed E-state index contributed by atoms with van der Waals surface area (Å²) in [6.07, 6.45) is 6.38. The number of ether oxygens (including phenoxy) is 2. The number of allylic oxidation sites excluding steroid dienone is 2. The summed E-state index contributed by atoms with van der Waals surface area (Å²) in [6.45, 7) is 5.60. The molecule has 2 rings (SSSR count). The number of nitrogens with one attached hydrogen (secondary N) is 3. The molecule has 232 valence electrons. The highest BCUT2D eigenvalue weighted by atomic mass is 16.6. The average molecular weight is 593 g/mol. The predicted molar refractivity (Wildman–Crippen MR) is 166 cm³/mol. The highest BCUT2D eigenvalue weighted by Crippen LogP contribution is 2.10. The van der Waals surface area contributed by atoms with Gasteiger partial charge in [0.25, 0.3) is 0 Å². The maximum absolute atomic E-state index is 13.5. The van der Waals surface area contributed by atoms with Crippen LogP contribution in [-0.2, 0) is 32.1 Å². The Morgan fingerprint density at radius 2 is 1.49 bits per heavy atom. The molecule has 4 amide bonds. The van der Waals surface area contributed by atoms with E-state index in [4.69, 9.17) is 9.47 Å². The molecule has 0 bridgehead atoms. The second-order valence-electron chi connectivity index (χ2n) is 11.1. The van der Waals surface area contributed by atoms with Gasteiger partial charge in [-0.1, -0.05) is 78.9 Å². The smallest absolute Gasteiger partial charge is 0.408 e. The summed E-state index contributed by atoms with van der Waals surface area (Å²) in [5.41, 5.74) is 1.12. The summed E-state index contributed by atoms with van der Waals surface area (Å²) in [5, 5.41) is 8.34. The molecule has 0 radical (unpaired) electrons. The van der Waals surface area contributed by atoms with Crippen LogP contribution in [0.25, 0.3) is 0 Å². The van der Waals surface area contributed by atoms with Crippen LogP contribution in [0.5, 0.6) is 0 Å². The molecule has 0 aliphatic rings. The first kappa shape index (κ1) is 34.6. The molecule has 43 heavy (non-hydrogen) atoms. The summed E-state index contributed by atoms with van der Waals surface area (Å²) in [4.78, 5) is 51.5. The molecular formula is C33H44N4O6. The van der Waals surface area contributed by atoms with Crippen LogP contribution in [0.3, 0.4) is 0 Å². The first-order chi connectivity index (χ1) is 20.4. The highest BCUT2D eigenvalue weighted by Gasteiger charge is 2.25. The number of rotatable bonds is 14. The number of hydrogen-bond donors (Lipinski definition) is 3. The summed E-state index contributed by atoms with van der Waals surface area (Å²) >= 11 is 0. The molecular weight excluding hydrogens is 548 g/mol. The third-order valence-electron chi connectivity index (χ3n) is 5.92. The molecule has 10 heteroatoms. The SMILES string of the molecule is CN(C)C(=O)/C=C/C=C/[C@H](Cc1ccccc1)NC(=O)[C@@H](CCCNC(=O)OCc1ccccc1)NC(=O)OC(C)(C)C. The molecule has 0 heterocycles. The molecule has 0 saturated carbocycles. The van der Waals surface area contributed by atoms with Crippen LogP contribution < -0.4 is 16.0 Å². The number of hydrogen-bond acceptors (Lipinski definition) is 6. The number of benzene rings is 2. The Balaban J connectivity index is 2.05. The van der Waals surface area contributed by atoms with Gasteiger partial charge in [0.1, 0.15) is 18.2 Å². The Hall–Kier alpha value is -4.60. The van der Waals surface area contributed by atoms with Crippen LogP contribution in [0.1, 0.15) is 44.7 Å². The number of nitrogens with zero attached hydrogens (tertiary/aromatic N) is 1. The lowest BCUT2D eigenvalue weighted by Crippen LogP contribution is -2.51. The lowest BCUT2D eigenvalue weighted by Gasteiger charge is -2.25. The molecule has 0 saturated heterocycles. The van der Waals surface area contributed by atoms with Gasteiger partial charge in [0.05, 0.1) is 6.04 Å². The molecule has 0 aromatic heterocycles. The van der Waals surface area contributed by atoms with Crippen molar-refractivity contribution in [1.82, 2.24) is 20.9 Å². The largest absolute Gasteiger partial charge is 0.445 e. The standard InChI is InChI=1S/C33H44N4O6/c1-33(2,3)43-32(41)36-28(20-14-22-34-31(40)42-24-26-17-10-7-11-18-26)30(39)35-27(23-25-15-8-6-9-16-25)19-12-13-21-29(38)37(4)5/h6-13,15-19,21,27-28H,14,20,22-24H2,1-5H3,(H,34,40)(H,35,39)(H,36,41)/b19-12+,21-13+/t27-,28-/m1/s1. The normalized spacial score (nSPS) is 12.8. The first-order valence-electron chi connectivity index (χ1n) is 14.3. The Kier molecular flexibility index (Phi) is 14.5. The Labute approximate surface area is 254 Å². The minimum absolute atomic E-state index is 0.146. The van der Waals surface area contributed by atoms with E-state index in [9.17, 15) is 19.2 Å². The van der Waals surface area contributed by atoms with Crippen LogP contribution in [0.15, 0.2) is 85.0 Å². The monoisotopic (exact) mass is 592 g/mol. The highest BCUT2D eigenvalue weighted by molar-refractivity contribution is 5.87. The number of likely N-dealkylation sites (N-methyl/N-ethyl adjacent to an activating group) is 1. The van der Waals surface area contributed by atoms with Gasteiger partial charge in [0, 0.05) is 26.7 Å². The zero-order valence-corrected chi connectivity index (χ0v) is 25.7. The van der Waals surface area contributed by atoms with Gasteiger partial charge in [-0.25, -0.2) is 9.59 Å². The van der Waals surface area contributed by atoms with E-state index in [2.05, 4.69) is 16.0 Å². The van der Waals surface area contributed by atoms with Crippen molar-refractivity contribution in [1.29, 1.82) is 0 Å². The van der Waals surface area contributed by atoms with E-state index in [1.165, 1.54) is 11.0 Å². The maximum atomic E-state index is 13.5. The van der Waals surface area contributed by atoms with Gasteiger partial charge in [0.2, 0.25) is 11.8 Å². The van der Waals surface area contributed by atoms with Gasteiger partial charge >= 0.3 is 12.2 Å². The fourth-order valence-corrected chi connectivity index (χ4v) is 3.79. The van der Waals surface area contributed by atoms with Gasteiger partial charge in [0.15, 0.2) is 0 Å². The quantitative estimate of drug-likeness (QED) is 0.168. The third kappa shape index (κ3) is 15.3. The van der Waals surface area contributed by atoms with E-state index in [0.717, 1.165) is 11.1 Å². The number of carbonyl (C=O) groups excluding carboxylic acids is 4. The molecule has 3 N–H and O–H groups in total. The van der Waals surface area contributed by atoms with E-state index in [1.807, 2.05) is 60.7 Å². The first-order valence-corrected chi connectivity index (χ1v) is 14.3. The van der Waals surface area contributed by atoms with Crippen LogP contribution in [0.4, 0.5) is 9.59 Å². The van der Waals surface area contributed by atoms with Gasteiger partial charge in [-0.05, 0) is 51.2 Å². The molecule has 0 aliphatic heterocycles. The Morgan fingerprint density at radius 3 is 2.09 bits per heavy atom. The fourth-order valence-electron chi connectivity index (χ4n) is 3.79. The third-order valence-corrected chi connectivity index (χ3v) is 5.92. The molecule has 0 unspecified atom stereocenters. The van der Waals surface area contributed by atoms with Crippen molar-refractivity contribution >= 4 is 24.0 Å². The van der Waals surface area contributed by atoms with Crippen molar-refractivity contribution in [3.05, 3.63) is 96.1 Å². The van der Waals surface area contributed by atoms with Crippen molar-refractivity contribution in [3.8, 4) is 0 Å². The Morgan fingerprint density at radius 1 is 0.860 bits per heavy atom. The van der Waals surface area contributed by atoms with Crippen molar-refractivity contribution in [2.75, 3.05) is 20.6 Å². The summed E-state index contributed by atoms with van der Waals surface area (Å²) < 4.78 is 10.6. The van der Waals surface area contributed by atoms with Crippen LogP contribution in [0, 0.1) is 0 Å². The van der Waals surface area contributed by atoms with Gasteiger partial charge in [-0.3, -0.25) is 9.59 Å². The zero-order valence-electron chi connectivity index (χ0n) is 25.7. The molecule has 10 nitrogen and oxygen atoms in total. The maximum Gasteiger partial charge on any atom is 0.408 e. The Bertz CT molecular complexity index is 1220. The van der Waals surface area contributed by atoms with Crippen molar-refractivity contribution in [3.63, 3.8) is 0 Å². The topological polar surface area (TPSA) is 126 Å². The van der Waals surface area contributed by atoms with E-state index >= 15 is 0 Å². The molecule has 2 aromatic carbocycles. The summed E-state index contributed by atoms with van der Waals surface area (Å²) in [6, 6.07) is 17.6. The number of amides is 4. The number of alkyl carbamates (subject to hydrolysis) is 2. The van der Waals surface area contributed by atoms with E-state index in [0.29, 0.717) is 12.8 Å². The predicted octanol–water partition coefficient (Wildman–Crippen LogP) is 4.51. The molecule has 0 fully saturated rings. The second kappa shape index (κ2) is 18.0. The summed E-state index contributed by atoms with van der Waals surface area (Å²) in [5.74, 6) is -0.566. The molecule has 0 spiro atoms. The van der Waals surface area contributed by atoms with E-state index in [-0.39, 0.29) is 25.5 Å².